The monoisotopic (exact) mass is 521 g/mol. The number of nitrogens with zero attached hydrogens (tertiary/aromatic N) is 2. The van der Waals surface area contributed by atoms with E-state index in [4.69, 9.17) is 4.74 Å². The summed E-state index contributed by atoms with van der Waals surface area (Å²) in [6, 6.07) is 3.34. The lowest BCUT2D eigenvalue weighted by Crippen LogP contribution is -2.41. The van der Waals surface area contributed by atoms with Gasteiger partial charge in [0.25, 0.3) is 0 Å². The molecule has 0 radical (unpaired) electrons. The Labute approximate surface area is 202 Å². The van der Waals surface area contributed by atoms with Crippen molar-refractivity contribution in [2.45, 2.75) is 44.3 Å². The molecule has 36 heavy (non-hydrogen) atoms. The Hall–Kier alpha value is -3.71. The van der Waals surface area contributed by atoms with Crippen LogP contribution in [0.3, 0.4) is 0 Å². The third-order valence-electron chi connectivity index (χ3n) is 5.15. The minimum absolute atomic E-state index is 0.0143. The number of hydrogen-bond donors (Lipinski definition) is 1. The predicted molar refractivity (Wildman–Crippen MR) is 114 cm³/mol. The molecule has 0 bridgehead atoms. The summed E-state index contributed by atoms with van der Waals surface area (Å²) in [6.45, 7) is -0.381. The van der Waals surface area contributed by atoms with Crippen LogP contribution in [0.2, 0.25) is 0 Å². The highest BCUT2D eigenvalue weighted by Gasteiger charge is 2.36. The number of hydrogen-bond acceptors (Lipinski definition) is 7. The standard InChI is InChI=1S/C22H24F5N3O6/c1-30(18(31)10-9-13-5-3-7-15(23)20(13)24)14(6-4-8-19(32)34-2)12-35-21(33)28-17-11-16(36-29-17)22(25,26)27/h3,5,7,11,14H,4,6,8-10,12H2,1-2H3,(H,28,29,33)/t14-/m0/s1. The van der Waals surface area contributed by atoms with Gasteiger partial charge in [0.15, 0.2) is 17.5 Å². The van der Waals surface area contributed by atoms with Gasteiger partial charge in [-0.3, -0.25) is 14.9 Å². The van der Waals surface area contributed by atoms with E-state index in [1.54, 1.807) is 0 Å². The minimum atomic E-state index is -4.79. The Balaban J connectivity index is 1.98. The number of aryl methyl sites for hydroxylation is 1. The Morgan fingerprint density at radius 3 is 2.56 bits per heavy atom. The van der Waals surface area contributed by atoms with Gasteiger partial charge in [-0.05, 0) is 30.9 Å². The molecule has 1 aromatic heterocycles. The van der Waals surface area contributed by atoms with Crippen LogP contribution in [0.25, 0.3) is 0 Å². The number of amides is 2. The van der Waals surface area contributed by atoms with Gasteiger partial charge in [0, 0.05) is 26.0 Å². The Morgan fingerprint density at radius 2 is 1.92 bits per heavy atom. The second-order valence-electron chi connectivity index (χ2n) is 7.64. The lowest BCUT2D eigenvalue weighted by Gasteiger charge is -2.28. The molecule has 1 aromatic carbocycles. The number of halogens is 5. The summed E-state index contributed by atoms with van der Waals surface area (Å²) < 4.78 is 78.7. The SMILES string of the molecule is COC(=O)CCC[C@@H](COC(=O)Nc1cc(C(F)(F)F)on1)N(C)C(=O)CCc1cccc(F)c1F. The maximum absolute atomic E-state index is 13.9. The van der Waals surface area contributed by atoms with E-state index in [2.05, 4.69) is 14.4 Å². The molecule has 0 aliphatic carbocycles. The Kier molecular flexibility index (Phi) is 10.2. The van der Waals surface area contributed by atoms with Crippen molar-refractivity contribution >= 4 is 23.8 Å². The fourth-order valence-electron chi connectivity index (χ4n) is 3.12. The number of alkyl halides is 3. The maximum Gasteiger partial charge on any atom is 0.452 e. The van der Waals surface area contributed by atoms with Gasteiger partial charge in [-0.2, -0.15) is 13.2 Å². The molecule has 0 aliphatic heterocycles. The smallest absolute Gasteiger partial charge is 0.452 e. The first-order valence-electron chi connectivity index (χ1n) is 10.7. The summed E-state index contributed by atoms with van der Waals surface area (Å²) in [5.41, 5.74) is 0.0143. The molecular formula is C22H24F5N3O6. The van der Waals surface area contributed by atoms with Crippen molar-refractivity contribution in [2.75, 3.05) is 26.1 Å². The fraction of sp³-hybridized carbons (Fsp3) is 0.455. The van der Waals surface area contributed by atoms with E-state index >= 15 is 0 Å². The minimum Gasteiger partial charge on any atom is -0.469 e. The van der Waals surface area contributed by atoms with Gasteiger partial charge >= 0.3 is 18.2 Å². The number of nitrogens with one attached hydrogen (secondary N) is 1. The summed E-state index contributed by atoms with van der Waals surface area (Å²) in [5.74, 6) is -5.01. The highest BCUT2D eigenvalue weighted by atomic mass is 19.4. The van der Waals surface area contributed by atoms with Crippen molar-refractivity contribution in [1.82, 2.24) is 10.1 Å². The van der Waals surface area contributed by atoms with Gasteiger partial charge < -0.3 is 18.9 Å². The zero-order valence-electron chi connectivity index (χ0n) is 19.4. The number of carbonyl (C=O) groups is 3. The number of rotatable bonds is 11. The number of methoxy groups -OCH3 is 1. The largest absolute Gasteiger partial charge is 0.469 e. The molecule has 0 unspecified atom stereocenters. The van der Waals surface area contributed by atoms with Crippen molar-refractivity contribution in [3.63, 3.8) is 0 Å². The van der Waals surface area contributed by atoms with E-state index in [0.717, 1.165) is 6.07 Å². The molecule has 198 valence electrons. The van der Waals surface area contributed by atoms with E-state index in [9.17, 15) is 36.3 Å². The van der Waals surface area contributed by atoms with Crippen LogP contribution in [-0.4, -0.2) is 54.8 Å². The van der Waals surface area contributed by atoms with E-state index in [1.807, 2.05) is 5.32 Å². The maximum atomic E-state index is 13.9. The number of esters is 1. The zero-order valence-corrected chi connectivity index (χ0v) is 19.4. The normalized spacial score (nSPS) is 12.1. The number of carbonyl (C=O) groups excluding carboxylic acids is 3. The van der Waals surface area contributed by atoms with Gasteiger partial charge in [-0.15, -0.1) is 0 Å². The van der Waals surface area contributed by atoms with Crippen LogP contribution in [0.4, 0.5) is 32.6 Å². The summed E-state index contributed by atoms with van der Waals surface area (Å²) in [4.78, 5) is 37.3. The van der Waals surface area contributed by atoms with Crippen LogP contribution < -0.4 is 5.32 Å². The van der Waals surface area contributed by atoms with Crippen LogP contribution in [0.1, 0.15) is 37.0 Å². The molecule has 14 heteroatoms. The molecule has 0 saturated carbocycles. The van der Waals surface area contributed by atoms with Crippen molar-refractivity contribution < 1.29 is 50.3 Å². The van der Waals surface area contributed by atoms with Gasteiger partial charge in [-0.25, -0.2) is 13.6 Å². The van der Waals surface area contributed by atoms with Gasteiger partial charge in [0.1, 0.15) is 6.61 Å². The molecule has 2 rings (SSSR count). The molecule has 9 nitrogen and oxygen atoms in total. The topological polar surface area (TPSA) is 111 Å². The number of ether oxygens (including phenoxy) is 2. The van der Waals surface area contributed by atoms with Crippen LogP contribution in [0, 0.1) is 11.6 Å². The Morgan fingerprint density at radius 1 is 1.19 bits per heavy atom. The zero-order chi connectivity index (χ0) is 26.9. The summed E-state index contributed by atoms with van der Waals surface area (Å²) in [6.07, 6.45) is -5.74. The number of anilines is 1. The van der Waals surface area contributed by atoms with Gasteiger partial charge in [-0.1, -0.05) is 17.3 Å². The van der Waals surface area contributed by atoms with E-state index in [0.29, 0.717) is 6.07 Å². The molecule has 2 amide bonds. The van der Waals surface area contributed by atoms with E-state index in [1.165, 1.54) is 31.2 Å². The van der Waals surface area contributed by atoms with Gasteiger partial charge in [0.2, 0.25) is 11.7 Å². The first kappa shape index (κ1) is 28.5. The number of likely N-dealkylation sites (N-methyl/N-ethyl adjacent to an activating group) is 1. The number of benzene rings is 1. The first-order chi connectivity index (χ1) is 16.9. The molecule has 0 spiro atoms. The average Bonchev–Trinajstić information content (AvgIpc) is 3.30. The molecule has 1 heterocycles. The molecule has 0 aliphatic rings. The summed E-state index contributed by atoms with van der Waals surface area (Å²) in [7, 11) is 2.62. The lowest BCUT2D eigenvalue weighted by atomic mass is 10.1. The molecular weight excluding hydrogens is 497 g/mol. The lowest BCUT2D eigenvalue weighted by molar-refractivity contribution is -0.155. The van der Waals surface area contributed by atoms with Crippen molar-refractivity contribution in [3.8, 4) is 0 Å². The van der Waals surface area contributed by atoms with Crippen LogP contribution in [0.5, 0.6) is 0 Å². The second kappa shape index (κ2) is 12.8. The van der Waals surface area contributed by atoms with Crippen molar-refractivity contribution in [2.24, 2.45) is 0 Å². The molecule has 1 N–H and O–H groups in total. The molecule has 0 saturated heterocycles. The van der Waals surface area contributed by atoms with E-state index < -0.39 is 53.4 Å². The highest BCUT2D eigenvalue weighted by Crippen LogP contribution is 2.30. The Bertz CT molecular complexity index is 1060. The third kappa shape index (κ3) is 8.50. The third-order valence-corrected chi connectivity index (χ3v) is 5.15. The van der Waals surface area contributed by atoms with Crippen LogP contribution >= 0.6 is 0 Å². The van der Waals surface area contributed by atoms with Crippen LogP contribution in [-0.2, 0) is 31.7 Å². The quantitative estimate of drug-likeness (QED) is 0.346. The van der Waals surface area contributed by atoms with Gasteiger partial charge in [0.05, 0.1) is 13.2 Å². The predicted octanol–water partition coefficient (Wildman–Crippen LogP) is 4.32. The number of aromatic nitrogens is 1. The van der Waals surface area contributed by atoms with Crippen molar-refractivity contribution in [3.05, 3.63) is 47.2 Å². The molecule has 1 atom stereocenters. The summed E-state index contributed by atoms with van der Waals surface area (Å²) >= 11 is 0. The highest BCUT2D eigenvalue weighted by molar-refractivity contribution is 5.83. The van der Waals surface area contributed by atoms with Crippen molar-refractivity contribution in [1.29, 1.82) is 0 Å². The second-order valence-corrected chi connectivity index (χ2v) is 7.64. The molecule has 0 fully saturated rings. The molecule has 2 aromatic rings. The van der Waals surface area contributed by atoms with Crippen LogP contribution in [0.15, 0.2) is 28.8 Å². The fourth-order valence-corrected chi connectivity index (χ4v) is 3.12. The van der Waals surface area contributed by atoms with E-state index in [-0.39, 0.29) is 44.3 Å². The first-order valence-corrected chi connectivity index (χ1v) is 10.7. The average molecular weight is 521 g/mol. The summed E-state index contributed by atoms with van der Waals surface area (Å²) in [5, 5.41) is 5.06.